The molecular weight excluding hydrogens is 432 g/mol. The number of amides is 1. The van der Waals surface area contributed by atoms with Crippen molar-refractivity contribution in [3.63, 3.8) is 0 Å². The standard InChI is InChI=1S/C22H28N4O3S2/c1-2-13-25-21(17-8-4-3-5-9-17)23-24-22(25)30-15-20(27)26(18-10-6-7-11-18)19-12-14-31(28,29)16-19/h2-5,8-9,18-19H,1,6-7,10-16H2. The van der Waals surface area contributed by atoms with Gasteiger partial charge in [0.25, 0.3) is 0 Å². The van der Waals surface area contributed by atoms with E-state index in [1.54, 1.807) is 6.08 Å². The second-order valence-corrected chi connectivity index (χ2v) is 11.3. The van der Waals surface area contributed by atoms with Gasteiger partial charge in [0.1, 0.15) is 0 Å². The van der Waals surface area contributed by atoms with Gasteiger partial charge in [0.05, 0.1) is 17.3 Å². The highest BCUT2D eigenvalue weighted by molar-refractivity contribution is 7.99. The number of hydrogen-bond donors (Lipinski definition) is 0. The Bertz CT molecular complexity index is 1030. The zero-order valence-corrected chi connectivity index (χ0v) is 19.2. The maximum Gasteiger partial charge on any atom is 0.233 e. The van der Waals surface area contributed by atoms with Crippen molar-refractivity contribution in [2.24, 2.45) is 0 Å². The molecule has 0 N–H and O–H groups in total. The van der Waals surface area contributed by atoms with E-state index in [0.717, 1.165) is 37.1 Å². The number of thioether (sulfide) groups is 1. The van der Waals surface area contributed by atoms with Gasteiger partial charge >= 0.3 is 0 Å². The first kappa shape index (κ1) is 22.1. The predicted molar refractivity (Wildman–Crippen MR) is 123 cm³/mol. The molecule has 0 radical (unpaired) electrons. The first-order valence-electron chi connectivity index (χ1n) is 10.7. The average Bonchev–Trinajstić information content (AvgIpc) is 3.49. The van der Waals surface area contributed by atoms with E-state index in [1.165, 1.54) is 11.8 Å². The largest absolute Gasteiger partial charge is 0.335 e. The Balaban J connectivity index is 1.51. The highest BCUT2D eigenvalue weighted by Gasteiger charge is 2.39. The summed E-state index contributed by atoms with van der Waals surface area (Å²) in [6.45, 7) is 4.38. The summed E-state index contributed by atoms with van der Waals surface area (Å²) >= 11 is 1.36. The average molecular weight is 461 g/mol. The second-order valence-electron chi connectivity index (χ2n) is 8.16. The van der Waals surface area contributed by atoms with E-state index in [4.69, 9.17) is 0 Å². The smallest absolute Gasteiger partial charge is 0.233 e. The molecule has 2 heterocycles. The second kappa shape index (κ2) is 9.56. The summed E-state index contributed by atoms with van der Waals surface area (Å²) in [4.78, 5) is 15.2. The molecule has 2 fully saturated rings. The van der Waals surface area contributed by atoms with Crippen molar-refractivity contribution >= 4 is 27.5 Å². The van der Waals surface area contributed by atoms with Gasteiger partial charge in [-0.25, -0.2) is 8.42 Å². The normalized spacial score (nSPS) is 20.7. The topological polar surface area (TPSA) is 85.2 Å². The van der Waals surface area contributed by atoms with Gasteiger partial charge in [-0.2, -0.15) is 0 Å². The molecule has 0 spiro atoms. The van der Waals surface area contributed by atoms with Crippen LogP contribution in [0.4, 0.5) is 0 Å². The Labute approximate surface area is 187 Å². The Kier molecular flexibility index (Phi) is 6.81. The van der Waals surface area contributed by atoms with Crippen LogP contribution in [0.15, 0.2) is 48.1 Å². The van der Waals surface area contributed by atoms with Crippen LogP contribution in [0.1, 0.15) is 32.1 Å². The van der Waals surface area contributed by atoms with E-state index < -0.39 is 9.84 Å². The van der Waals surface area contributed by atoms with Crippen LogP contribution in [0.2, 0.25) is 0 Å². The lowest BCUT2D eigenvalue weighted by Crippen LogP contribution is -2.47. The van der Waals surface area contributed by atoms with Gasteiger partial charge in [0.15, 0.2) is 20.8 Å². The first-order chi connectivity index (χ1) is 15.0. The maximum atomic E-state index is 13.3. The molecule has 1 unspecified atom stereocenters. The monoisotopic (exact) mass is 460 g/mol. The number of sulfone groups is 1. The van der Waals surface area contributed by atoms with Gasteiger partial charge in [-0.1, -0.05) is 61.0 Å². The van der Waals surface area contributed by atoms with Crippen LogP contribution < -0.4 is 0 Å². The third kappa shape index (κ3) is 5.03. The number of carbonyl (C=O) groups is 1. The zero-order chi connectivity index (χ0) is 21.8. The number of carbonyl (C=O) groups excluding carboxylic acids is 1. The van der Waals surface area contributed by atoms with E-state index in [-0.39, 0.29) is 35.2 Å². The summed E-state index contributed by atoms with van der Waals surface area (Å²) < 4.78 is 26.0. The molecule has 1 aromatic heterocycles. The number of rotatable bonds is 8. The lowest BCUT2D eigenvalue weighted by atomic mass is 10.1. The van der Waals surface area contributed by atoms with Crippen LogP contribution in [0.3, 0.4) is 0 Å². The van der Waals surface area contributed by atoms with Crippen molar-refractivity contribution in [3.8, 4) is 11.4 Å². The van der Waals surface area contributed by atoms with Gasteiger partial charge in [0.2, 0.25) is 5.91 Å². The molecule has 2 aliphatic rings. The molecule has 9 heteroatoms. The number of benzene rings is 1. The van der Waals surface area contributed by atoms with Crippen molar-refractivity contribution in [1.82, 2.24) is 19.7 Å². The quantitative estimate of drug-likeness (QED) is 0.444. The summed E-state index contributed by atoms with van der Waals surface area (Å²) in [7, 11) is -3.05. The molecular formula is C22H28N4O3S2. The molecule has 31 heavy (non-hydrogen) atoms. The van der Waals surface area contributed by atoms with Crippen LogP contribution in [0.25, 0.3) is 11.4 Å². The fourth-order valence-electron chi connectivity index (χ4n) is 4.57. The van der Waals surface area contributed by atoms with Gasteiger partial charge in [-0.15, -0.1) is 16.8 Å². The molecule has 1 amide bonds. The maximum absolute atomic E-state index is 13.3. The Hall–Kier alpha value is -2.13. The third-order valence-electron chi connectivity index (χ3n) is 5.99. The Morgan fingerprint density at radius 1 is 1.16 bits per heavy atom. The Morgan fingerprint density at radius 2 is 1.90 bits per heavy atom. The highest BCUT2D eigenvalue weighted by atomic mass is 32.2. The summed E-state index contributed by atoms with van der Waals surface area (Å²) in [5.74, 6) is 1.22. The number of allylic oxidation sites excluding steroid dienone is 1. The summed E-state index contributed by atoms with van der Waals surface area (Å²) in [6.07, 6.45) is 6.43. The summed E-state index contributed by atoms with van der Waals surface area (Å²) in [5, 5.41) is 9.33. The molecule has 7 nitrogen and oxygen atoms in total. The molecule has 1 aliphatic heterocycles. The molecule has 1 aromatic carbocycles. The SMILES string of the molecule is C=CCn1c(SCC(=O)N(C2CCCC2)C2CCS(=O)(=O)C2)nnc1-c1ccccc1. The molecule has 1 aliphatic carbocycles. The van der Waals surface area contributed by atoms with Gasteiger partial charge in [-0.3, -0.25) is 9.36 Å². The fraction of sp³-hybridized carbons (Fsp3) is 0.500. The predicted octanol–water partition coefficient (Wildman–Crippen LogP) is 3.18. The van der Waals surface area contributed by atoms with Gasteiger partial charge in [0, 0.05) is 24.2 Å². The van der Waals surface area contributed by atoms with Crippen LogP contribution in [-0.2, 0) is 21.2 Å². The van der Waals surface area contributed by atoms with Crippen LogP contribution in [0.5, 0.6) is 0 Å². The molecule has 166 valence electrons. The lowest BCUT2D eigenvalue weighted by molar-refractivity contribution is -0.132. The number of aromatic nitrogens is 3. The minimum Gasteiger partial charge on any atom is -0.335 e. The van der Waals surface area contributed by atoms with Crippen LogP contribution in [-0.4, -0.2) is 63.3 Å². The molecule has 1 saturated heterocycles. The molecule has 0 bridgehead atoms. The summed E-state index contributed by atoms with van der Waals surface area (Å²) in [6, 6.07) is 9.76. The van der Waals surface area contributed by atoms with E-state index >= 15 is 0 Å². The van der Waals surface area contributed by atoms with Gasteiger partial charge < -0.3 is 4.90 Å². The van der Waals surface area contributed by atoms with Crippen molar-refractivity contribution < 1.29 is 13.2 Å². The molecule has 4 rings (SSSR count). The zero-order valence-electron chi connectivity index (χ0n) is 17.5. The summed E-state index contributed by atoms with van der Waals surface area (Å²) in [5.41, 5.74) is 0.957. The van der Waals surface area contributed by atoms with Gasteiger partial charge in [-0.05, 0) is 19.3 Å². The first-order valence-corrected chi connectivity index (χ1v) is 13.5. The van der Waals surface area contributed by atoms with E-state index in [9.17, 15) is 13.2 Å². The fourth-order valence-corrected chi connectivity index (χ4v) is 7.10. The minimum atomic E-state index is -3.05. The van der Waals surface area contributed by atoms with Crippen LogP contribution in [0, 0.1) is 0 Å². The van der Waals surface area contributed by atoms with E-state index in [1.807, 2.05) is 39.8 Å². The number of nitrogens with zero attached hydrogens (tertiary/aromatic N) is 4. The van der Waals surface area contributed by atoms with Crippen molar-refractivity contribution in [2.45, 2.75) is 55.9 Å². The van der Waals surface area contributed by atoms with E-state index in [0.29, 0.717) is 18.1 Å². The third-order valence-corrected chi connectivity index (χ3v) is 8.69. The number of hydrogen-bond acceptors (Lipinski definition) is 6. The van der Waals surface area contributed by atoms with Crippen molar-refractivity contribution in [3.05, 3.63) is 43.0 Å². The molecule has 1 saturated carbocycles. The van der Waals surface area contributed by atoms with Crippen molar-refractivity contribution in [2.75, 3.05) is 17.3 Å². The van der Waals surface area contributed by atoms with Crippen molar-refractivity contribution in [1.29, 1.82) is 0 Å². The van der Waals surface area contributed by atoms with E-state index in [2.05, 4.69) is 16.8 Å². The highest BCUT2D eigenvalue weighted by Crippen LogP contribution is 2.31. The molecule has 1 atom stereocenters. The molecule has 2 aromatic rings. The Morgan fingerprint density at radius 3 is 2.55 bits per heavy atom. The van der Waals surface area contributed by atoms with Crippen LogP contribution >= 0.6 is 11.8 Å². The minimum absolute atomic E-state index is 0.00610. The lowest BCUT2D eigenvalue weighted by Gasteiger charge is -2.34.